The lowest BCUT2D eigenvalue weighted by molar-refractivity contribution is -0.00000535. The van der Waals surface area contributed by atoms with Crippen LogP contribution in [-0.2, 0) is 0 Å². The molecule has 4 aromatic rings. The molecule has 0 fully saturated rings. The summed E-state index contributed by atoms with van der Waals surface area (Å²) in [6.45, 7) is 0. The van der Waals surface area contributed by atoms with Gasteiger partial charge in [-0.1, -0.05) is 84.6 Å². The van der Waals surface area contributed by atoms with Crippen LogP contribution in [0.5, 0.6) is 0 Å². The molecule has 0 aliphatic carbocycles. The van der Waals surface area contributed by atoms with E-state index in [2.05, 4.69) is 115 Å². The molecule has 0 aromatic heterocycles. The maximum atomic E-state index is 3.54. The van der Waals surface area contributed by atoms with Crippen molar-refractivity contribution in [1.29, 1.82) is 0 Å². The molecule has 0 unspecified atom stereocenters. The minimum absolute atomic E-state index is 0. The van der Waals surface area contributed by atoms with E-state index in [0.29, 0.717) is 0 Å². The van der Waals surface area contributed by atoms with Crippen molar-refractivity contribution >= 4 is 23.2 Å². The number of benzene rings is 4. The van der Waals surface area contributed by atoms with E-state index < -0.39 is 7.26 Å². The van der Waals surface area contributed by atoms with E-state index in [9.17, 15) is 0 Å². The van der Waals surface area contributed by atoms with Gasteiger partial charge in [0.2, 0.25) is 0 Å². The Bertz CT molecular complexity index is 970. The van der Waals surface area contributed by atoms with Crippen LogP contribution in [-0.4, -0.2) is 6.16 Å². The van der Waals surface area contributed by atoms with Crippen LogP contribution in [0.2, 0.25) is 0 Å². The Hall–Kier alpha value is -2.65. The lowest BCUT2D eigenvalue weighted by Gasteiger charge is -2.25. The van der Waals surface area contributed by atoms with Gasteiger partial charge in [0.15, 0.2) is 0 Å². The van der Waals surface area contributed by atoms with Gasteiger partial charge in [-0.25, -0.2) is 0 Å². The van der Waals surface area contributed by atoms with Crippen molar-refractivity contribution in [3.63, 3.8) is 0 Å². The predicted octanol–water partition coefficient (Wildman–Crippen LogP) is 2.04. The normalized spacial score (nSPS) is 10.3. The lowest BCUT2D eigenvalue weighted by Crippen LogP contribution is -3.00. The van der Waals surface area contributed by atoms with Crippen LogP contribution in [0.15, 0.2) is 121 Å². The summed E-state index contributed by atoms with van der Waals surface area (Å²) in [5.74, 6) is 6.92. The molecule has 142 valence electrons. The molecule has 0 atom stereocenters. The van der Waals surface area contributed by atoms with Gasteiger partial charge in [-0.2, -0.15) is 0 Å². The lowest BCUT2D eigenvalue weighted by atomic mass is 10.2. The average Bonchev–Trinajstić information content (AvgIpc) is 2.79. The van der Waals surface area contributed by atoms with Crippen molar-refractivity contribution in [2.45, 2.75) is 0 Å². The van der Waals surface area contributed by atoms with E-state index in [-0.39, 0.29) is 17.0 Å². The molecule has 0 N–H and O–H groups in total. The fourth-order valence-corrected chi connectivity index (χ4v) is 7.35. The zero-order chi connectivity index (χ0) is 19.1. The molecule has 2 heteroatoms. The summed E-state index contributed by atoms with van der Waals surface area (Å²) in [7, 11) is -1.86. The molecular weight excluding hydrogens is 435 g/mol. The molecule has 0 bridgehead atoms. The molecule has 0 saturated carbocycles. The first kappa shape index (κ1) is 21.1. The smallest absolute Gasteiger partial charge is 0.134 e. The summed E-state index contributed by atoms with van der Waals surface area (Å²) in [6, 6.07) is 42.9. The molecular formula is C27H22BrP. The summed E-state index contributed by atoms with van der Waals surface area (Å²) in [6.07, 6.45) is 0.819. The van der Waals surface area contributed by atoms with Crippen molar-refractivity contribution in [2.24, 2.45) is 0 Å². The van der Waals surface area contributed by atoms with E-state index in [4.69, 9.17) is 0 Å². The summed E-state index contributed by atoms with van der Waals surface area (Å²) in [5, 5.41) is 4.11. The first-order valence-corrected chi connectivity index (χ1v) is 11.5. The Morgan fingerprint density at radius 3 is 1.21 bits per heavy atom. The first-order valence-electron chi connectivity index (χ1n) is 9.48. The Morgan fingerprint density at radius 2 is 0.828 bits per heavy atom. The van der Waals surface area contributed by atoms with E-state index >= 15 is 0 Å². The molecule has 0 amide bonds. The van der Waals surface area contributed by atoms with Crippen LogP contribution in [0.3, 0.4) is 0 Å². The molecule has 0 spiro atoms. The minimum Gasteiger partial charge on any atom is -1.00 e. The Morgan fingerprint density at radius 1 is 0.483 bits per heavy atom. The summed E-state index contributed by atoms with van der Waals surface area (Å²) in [5.41, 5.74) is 1.06. The summed E-state index contributed by atoms with van der Waals surface area (Å²) in [4.78, 5) is 0. The SMILES string of the molecule is C(#Cc1ccccc1)C[P+](c1ccccc1)(c1ccccc1)c1ccccc1.[Br-]. The third-order valence-electron chi connectivity index (χ3n) is 4.91. The van der Waals surface area contributed by atoms with Gasteiger partial charge in [0.1, 0.15) is 29.3 Å². The third kappa shape index (κ3) is 4.68. The highest BCUT2D eigenvalue weighted by atomic mass is 79.9. The van der Waals surface area contributed by atoms with Gasteiger partial charge in [0.05, 0.1) is 0 Å². The van der Waals surface area contributed by atoms with Crippen LogP contribution in [0.1, 0.15) is 5.56 Å². The highest BCUT2D eigenvalue weighted by Gasteiger charge is 2.44. The quantitative estimate of drug-likeness (QED) is 0.325. The van der Waals surface area contributed by atoms with Gasteiger partial charge < -0.3 is 17.0 Å². The maximum absolute atomic E-state index is 3.54. The van der Waals surface area contributed by atoms with Gasteiger partial charge in [0, 0.05) is 5.56 Å². The predicted molar refractivity (Wildman–Crippen MR) is 123 cm³/mol. The highest BCUT2D eigenvalue weighted by molar-refractivity contribution is 7.95. The molecule has 4 rings (SSSR count). The monoisotopic (exact) mass is 456 g/mol. The largest absolute Gasteiger partial charge is 1.00 e. The van der Waals surface area contributed by atoms with Crippen molar-refractivity contribution in [3.05, 3.63) is 127 Å². The fraction of sp³-hybridized carbons (Fsp3) is 0.0370. The van der Waals surface area contributed by atoms with Crippen LogP contribution < -0.4 is 32.9 Å². The Balaban J connectivity index is 0.00000240. The molecule has 0 nitrogen and oxygen atoms in total. The zero-order valence-corrected chi connectivity index (χ0v) is 18.6. The van der Waals surface area contributed by atoms with Crippen LogP contribution >= 0.6 is 7.26 Å². The molecule has 0 aliphatic rings. The summed E-state index contributed by atoms with van der Waals surface area (Å²) >= 11 is 0. The minimum atomic E-state index is -1.86. The van der Waals surface area contributed by atoms with E-state index in [1.165, 1.54) is 15.9 Å². The van der Waals surface area contributed by atoms with Gasteiger partial charge in [0.25, 0.3) is 0 Å². The van der Waals surface area contributed by atoms with Crippen molar-refractivity contribution < 1.29 is 17.0 Å². The maximum Gasteiger partial charge on any atom is 0.134 e. The molecule has 0 saturated heterocycles. The average molecular weight is 457 g/mol. The molecule has 0 heterocycles. The van der Waals surface area contributed by atoms with E-state index in [1.807, 2.05) is 18.2 Å². The fourth-order valence-electron chi connectivity index (χ4n) is 3.55. The van der Waals surface area contributed by atoms with E-state index in [0.717, 1.165) is 11.7 Å². The highest BCUT2D eigenvalue weighted by Crippen LogP contribution is 2.54. The standard InChI is InChI=1S/C27H22P.BrH/c1-5-14-24(15-6-1)16-13-23-28(25-17-7-2-8-18-25,26-19-9-3-10-20-26)27-21-11-4-12-22-27;/h1-12,14-15,17-22H,23H2;1H/q+1;/p-1. The second-order valence-electron chi connectivity index (χ2n) is 6.64. The van der Waals surface area contributed by atoms with Crippen molar-refractivity contribution in [3.8, 4) is 11.8 Å². The van der Waals surface area contributed by atoms with Crippen LogP contribution in [0.25, 0.3) is 0 Å². The molecule has 0 aliphatic heterocycles. The Kier molecular flexibility index (Phi) is 7.42. The van der Waals surface area contributed by atoms with E-state index in [1.54, 1.807) is 0 Å². The van der Waals surface area contributed by atoms with Gasteiger partial charge >= 0.3 is 0 Å². The van der Waals surface area contributed by atoms with Gasteiger partial charge in [-0.3, -0.25) is 0 Å². The van der Waals surface area contributed by atoms with Crippen LogP contribution in [0, 0.1) is 11.8 Å². The third-order valence-corrected chi connectivity index (χ3v) is 9.09. The van der Waals surface area contributed by atoms with Crippen molar-refractivity contribution in [1.82, 2.24) is 0 Å². The second kappa shape index (κ2) is 10.2. The molecule has 4 aromatic carbocycles. The van der Waals surface area contributed by atoms with Gasteiger partial charge in [-0.05, 0) is 48.5 Å². The van der Waals surface area contributed by atoms with Crippen molar-refractivity contribution in [2.75, 3.05) is 6.16 Å². The van der Waals surface area contributed by atoms with Crippen LogP contribution in [0.4, 0.5) is 0 Å². The summed E-state index contributed by atoms with van der Waals surface area (Å²) < 4.78 is 0. The molecule has 0 radical (unpaired) electrons. The zero-order valence-electron chi connectivity index (χ0n) is 16.1. The second-order valence-corrected chi connectivity index (χ2v) is 10.1. The topological polar surface area (TPSA) is 0 Å². The molecule has 29 heavy (non-hydrogen) atoms. The van der Waals surface area contributed by atoms with Gasteiger partial charge in [-0.15, -0.1) is 0 Å². The first-order chi connectivity index (χ1) is 13.9. The number of halogens is 1. The number of rotatable bonds is 4. The number of hydrogen-bond acceptors (Lipinski definition) is 0. The number of hydrogen-bond donors (Lipinski definition) is 0. The Labute approximate surface area is 184 Å².